The van der Waals surface area contributed by atoms with E-state index in [0.717, 1.165) is 51.1 Å². The van der Waals surface area contributed by atoms with Crippen LogP contribution in [0, 0.1) is 5.92 Å². The Hall–Kier alpha value is -1.85. The molecule has 1 N–H and O–H groups in total. The van der Waals surface area contributed by atoms with E-state index in [1.807, 2.05) is 13.1 Å². The molecule has 21 heavy (non-hydrogen) atoms. The summed E-state index contributed by atoms with van der Waals surface area (Å²) in [5.41, 5.74) is 0. The third kappa shape index (κ3) is 4.58. The molecule has 1 fully saturated rings. The van der Waals surface area contributed by atoms with Crippen molar-refractivity contribution in [3.63, 3.8) is 0 Å². The van der Waals surface area contributed by atoms with Crippen molar-refractivity contribution in [2.24, 2.45) is 10.9 Å². The number of guanidine groups is 1. The van der Waals surface area contributed by atoms with Crippen LogP contribution in [0.15, 0.2) is 23.5 Å². The van der Waals surface area contributed by atoms with E-state index in [0.29, 0.717) is 5.92 Å². The van der Waals surface area contributed by atoms with Gasteiger partial charge in [-0.05, 0) is 18.4 Å². The quantitative estimate of drug-likeness (QED) is 0.667. The van der Waals surface area contributed by atoms with Crippen LogP contribution < -0.4 is 10.2 Å². The van der Waals surface area contributed by atoms with Crippen LogP contribution in [0.3, 0.4) is 0 Å². The monoisotopic (exact) mass is 290 g/mol. The third-order valence-corrected chi connectivity index (χ3v) is 3.63. The molecular weight excluding hydrogens is 264 g/mol. The zero-order chi connectivity index (χ0) is 15.1. The molecule has 1 aliphatic heterocycles. The highest BCUT2D eigenvalue weighted by molar-refractivity contribution is 5.80. The highest BCUT2D eigenvalue weighted by Crippen LogP contribution is 2.09. The number of hydrogen-bond acceptors (Lipinski definition) is 4. The fourth-order valence-corrected chi connectivity index (χ4v) is 2.38. The topological polar surface area (TPSA) is 56.7 Å². The van der Waals surface area contributed by atoms with Gasteiger partial charge in [-0.1, -0.05) is 13.8 Å². The number of aromatic nitrogens is 2. The molecule has 0 unspecified atom stereocenters. The summed E-state index contributed by atoms with van der Waals surface area (Å²) in [7, 11) is 1.85. The number of rotatable bonds is 4. The standard InChI is InChI=1S/C15H26N6/c1-13(2)5-8-19-14(16-3)20-9-11-21(12-10-20)15-17-6-4-7-18-15/h4,6-7,13H,5,8-12H2,1-3H3,(H,16,19). The normalized spacial score (nSPS) is 16.5. The maximum absolute atomic E-state index is 4.39. The molecule has 0 atom stereocenters. The van der Waals surface area contributed by atoms with Gasteiger partial charge in [0.1, 0.15) is 0 Å². The fourth-order valence-electron chi connectivity index (χ4n) is 2.38. The lowest BCUT2D eigenvalue weighted by molar-refractivity contribution is 0.368. The highest BCUT2D eigenvalue weighted by Gasteiger charge is 2.20. The number of nitrogens with one attached hydrogen (secondary N) is 1. The molecule has 6 heteroatoms. The maximum atomic E-state index is 4.39. The van der Waals surface area contributed by atoms with Gasteiger partial charge >= 0.3 is 0 Å². The smallest absolute Gasteiger partial charge is 0.225 e. The number of anilines is 1. The lowest BCUT2D eigenvalue weighted by atomic mass is 10.1. The van der Waals surface area contributed by atoms with Crippen LogP contribution in [0.2, 0.25) is 0 Å². The van der Waals surface area contributed by atoms with Gasteiger partial charge in [-0.15, -0.1) is 0 Å². The minimum atomic E-state index is 0.711. The lowest BCUT2D eigenvalue weighted by Crippen LogP contribution is -2.53. The van der Waals surface area contributed by atoms with Crippen molar-refractivity contribution in [3.8, 4) is 0 Å². The van der Waals surface area contributed by atoms with Gasteiger partial charge < -0.3 is 15.1 Å². The van der Waals surface area contributed by atoms with Crippen molar-refractivity contribution in [2.45, 2.75) is 20.3 Å². The van der Waals surface area contributed by atoms with Crippen LogP contribution in [0.4, 0.5) is 5.95 Å². The van der Waals surface area contributed by atoms with E-state index in [4.69, 9.17) is 0 Å². The molecule has 0 spiro atoms. The predicted octanol–water partition coefficient (Wildman–Crippen LogP) is 1.22. The van der Waals surface area contributed by atoms with Crippen molar-refractivity contribution in [2.75, 3.05) is 44.7 Å². The van der Waals surface area contributed by atoms with Crippen LogP contribution in [-0.2, 0) is 0 Å². The summed E-state index contributed by atoms with van der Waals surface area (Å²) in [4.78, 5) is 17.5. The first-order valence-electron chi connectivity index (χ1n) is 7.68. The average Bonchev–Trinajstić information content (AvgIpc) is 2.52. The molecule has 0 aliphatic carbocycles. The molecule has 0 aromatic carbocycles. The second kappa shape index (κ2) is 7.81. The average molecular weight is 290 g/mol. The van der Waals surface area contributed by atoms with E-state index in [2.05, 4.69) is 43.9 Å². The molecule has 0 radical (unpaired) electrons. The molecule has 1 saturated heterocycles. The molecule has 1 aromatic heterocycles. The van der Waals surface area contributed by atoms with Gasteiger partial charge in [0, 0.05) is 52.2 Å². The Morgan fingerprint density at radius 2 is 1.90 bits per heavy atom. The van der Waals surface area contributed by atoms with Crippen LogP contribution in [-0.4, -0.2) is 60.6 Å². The van der Waals surface area contributed by atoms with E-state index in [1.165, 1.54) is 0 Å². The predicted molar refractivity (Wildman–Crippen MR) is 86.6 cm³/mol. The summed E-state index contributed by atoms with van der Waals surface area (Å²) in [5, 5.41) is 3.45. The Morgan fingerprint density at radius 1 is 1.24 bits per heavy atom. The molecule has 1 aromatic rings. The number of aliphatic imine (C=N–C) groups is 1. The number of nitrogens with zero attached hydrogens (tertiary/aromatic N) is 5. The van der Waals surface area contributed by atoms with Crippen LogP contribution >= 0.6 is 0 Å². The first-order chi connectivity index (χ1) is 10.2. The molecular formula is C15H26N6. The Bertz CT molecular complexity index is 437. The van der Waals surface area contributed by atoms with Gasteiger partial charge in [0.05, 0.1) is 0 Å². The number of hydrogen-bond donors (Lipinski definition) is 1. The highest BCUT2D eigenvalue weighted by atomic mass is 15.4. The zero-order valence-corrected chi connectivity index (χ0v) is 13.3. The summed E-state index contributed by atoms with van der Waals surface area (Å²) in [5.74, 6) is 2.53. The maximum Gasteiger partial charge on any atom is 0.225 e. The molecule has 1 aliphatic rings. The Balaban J connectivity index is 1.82. The minimum absolute atomic E-state index is 0.711. The second-order valence-electron chi connectivity index (χ2n) is 5.68. The Morgan fingerprint density at radius 3 is 2.48 bits per heavy atom. The molecule has 0 amide bonds. The Kier molecular flexibility index (Phi) is 5.78. The van der Waals surface area contributed by atoms with Crippen LogP contribution in [0.5, 0.6) is 0 Å². The van der Waals surface area contributed by atoms with Gasteiger partial charge in [0.2, 0.25) is 5.95 Å². The first kappa shape index (κ1) is 15.5. The van der Waals surface area contributed by atoms with Crippen molar-refractivity contribution in [1.29, 1.82) is 0 Å². The van der Waals surface area contributed by atoms with Gasteiger partial charge in [-0.3, -0.25) is 4.99 Å². The first-order valence-corrected chi connectivity index (χ1v) is 7.68. The molecule has 2 rings (SSSR count). The minimum Gasteiger partial charge on any atom is -0.356 e. The van der Waals surface area contributed by atoms with Crippen LogP contribution in [0.1, 0.15) is 20.3 Å². The molecule has 116 valence electrons. The summed E-state index contributed by atoms with van der Waals surface area (Å²) in [6.45, 7) is 9.20. The van der Waals surface area contributed by atoms with Gasteiger partial charge in [-0.2, -0.15) is 0 Å². The van der Waals surface area contributed by atoms with E-state index >= 15 is 0 Å². The summed E-state index contributed by atoms with van der Waals surface area (Å²) >= 11 is 0. The molecule has 2 heterocycles. The molecule has 0 bridgehead atoms. The van der Waals surface area contributed by atoms with Crippen molar-refractivity contribution in [3.05, 3.63) is 18.5 Å². The lowest BCUT2D eigenvalue weighted by Gasteiger charge is -2.36. The third-order valence-electron chi connectivity index (χ3n) is 3.63. The Labute approximate surface area is 127 Å². The summed E-state index contributed by atoms with van der Waals surface area (Å²) < 4.78 is 0. The van der Waals surface area contributed by atoms with Gasteiger partial charge in [0.25, 0.3) is 0 Å². The number of piperazine rings is 1. The largest absolute Gasteiger partial charge is 0.356 e. The summed E-state index contributed by atoms with van der Waals surface area (Å²) in [6.07, 6.45) is 4.75. The van der Waals surface area contributed by atoms with Crippen molar-refractivity contribution < 1.29 is 0 Å². The van der Waals surface area contributed by atoms with Gasteiger partial charge in [0.15, 0.2) is 5.96 Å². The fraction of sp³-hybridized carbons (Fsp3) is 0.667. The van der Waals surface area contributed by atoms with E-state index in [9.17, 15) is 0 Å². The summed E-state index contributed by atoms with van der Waals surface area (Å²) in [6, 6.07) is 1.85. The van der Waals surface area contributed by atoms with Gasteiger partial charge in [-0.25, -0.2) is 9.97 Å². The SMILES string of the molecule is CN=C(NCCC(C)C)N1CCN(c2ncccn2)CC1. The van der Waals surface area contributed by atoms with E-state index in [1.54, 1.807) is 12.4 Å². The second-order valence-corrected chi connectivity index (χ2v) is 5.68. The van der Waals surface area contributed by atoms with Crippen molar-refractivity contribution in [1.82, 2.24) is 20.2 Å². The van der Waals surface area contributed by atoms with E-state index < -0.39 is 0 Å². The zero-order valence-electron chi connectivity index (χ0n) is 13.3. The van der Waals surface area contributed by atoms with E-state index in [-0.39, 0.29) is 0 Å². The molecule has 6 nitrogen and oxygen atoms in total. The van der Waals surface area contributed by atoms with Crippen LogP contribution in [0.25, 0.3) is 0 Å². The van der Waals surface area contributed by atoms with Crippen molar-refractivity contribution >= 4 is 11.9 Å². The molecule has 0 saturated carbocycles.